The monoisotopic (exact) mass is 584 g/mol. The standard InChI is InChI=1S/C29H14F10O2/c1-13-6-19(30)17(20(31)7-13)3-2-14-8-22(33)26(23(34)9-14)28(40)41-16-10-15-11-21(32)18(4-5-29(37,38)39)27(36)25(15)24(35)12-16/h6-12H,2-3H2,1H3. The van der Waals surface area contributed by atoms with Gasteiger partial charge in [-0.1, -0.05) is 5.92 Å². The van der Waals surface area contributed by atoms with Crippen LogP contribution in [0, 0.1) is 59.5 Å². The topological polar surface area (TPSA) is 26.3 Å². The summed E-state index contributed by atoms with van der Waals surface area (Å²) in [4.78, 5) is 12.5. The van der Waals surface area contributed by atoms with E-state index >= 15 is 0 Å². The number of esters is 1. The molecule has 0 bridgehead atoms. The first-order chi connectivity index (χ1) is 19.1. The Labute approximate surface area is 225 Å². The smallest absolute Gasteiger partial charge is 0.423 e. The van der Waals surface area contributed by atoms with Crippen molar-refractivity contribution in [3.8, 4) is 17.6 Å². The van der Waals surface area contributed by atoms with E-state index in [0.717, 1.165) is 30.3 Å². The molecule has 0 aromatic heterocycles. The van der Waals surface area contributed by atoms with Crippen LogP contribution in [0.3, 0.4) is 0 Å². The number of hydrogen-bond acceptors (Lipinski definition) is 2. The Morgan fingerprint density at radius 3 is 1.95 bits per heavy atom. The summed E-state index contributed by atoms with van der Waals surface area (Å²) in [5.74, 6) is -9.79. The van der Waals surface area contributed by atoms with Gasteiger partial charge >= 0.3 is 12.1 Å². The van der Waals surface area contributed by atoms with Crippen LogP contribution in [0.2, 0.25) is 0 Å². The molecule has 212 valence electrons. The van der Waals surface area contributed by atoms with Crippen LogP contribution in [0.15, 0.2) is 42.5 Å². The number of carbonyl (C=O) groups is 1. The number of alkyl halides is 3. The highest BCUT2D eigenvalue weighted by Gasteiger charge is 2.25. The van der Waals surface area contributed by atoms with Crippen LogP contribution in [-0.2, 0) is 12.8 Å². The van der Waals surface area contributed by atoms with E-state index in [1.807, 2.05) is 0 Å². The second kappa shape index (κ2) is 11.2. The molecule has 0 aliphatic carbocycles. The van der Waals surface area contributed by atoms with Crippen LogP contribution in [0.5, 0.6) is 5.75 Å². The third-order valence-electron chi connectivity index (χ3n) is 5.85. The van der Waals surface area contributed by atoms with Gasteiger partial charge in [0, 0.05) is 17.6 Å². The number of hydrogen-bond donors (Lipinski definition) is 0. The third kappa shape index (κ3) is 6.45. The van der Waals surface area contributed by atoms with Crippen LogP contribution >= 0.6 is 0 Å². The molecule has 0 radical (unpaired) electrons. The number of carbonyl (C=O) groups excluding carboxylic acids is 1. The van der Waals surface area contributed by atoms with Crippen molar-refractivity contribution in [3.63, 3.8) is 0 Å². The van der Waals surface area contributed by atoms with Crippen molar-refractivity contribution in [3.05, 3.63) is 111 Å². The Bertz CT molecular complexity index is 1720. The van der Waals surface area contributed by atoms with Crippen LogP contribution in [0.25, 0.3) is 10.8 Å². The molecule has 4 aromatic rings. The van der Waals surface area contributed by atoms with E-state index in [0.29, 0.717) is 23.6 Å². The van der Waals surface area contributed by atoms with E-state index in [-0.39, 0.29) is 24.0 Å². The zero-order valence-corrected chi connectivity index (χ0v) is 20.6. The Kier molecular flexibility index (Phi) is 8.01. The average molecular weight is 584 g/mol. The van der Waals surface area contributed by atoms with Gasteiger partial charge in [-0.05, 0) is 72.7 Å². The van der Waals surface area contributed by atoms with Gasteiger partial charge in [-0.3, -0.25) is 0 Å². The van der Waals surface area contributed by atoms with Crippen LogP contribution in [-0.4, -0.2) is 12.1 Å². The summed E-state index contributed by atoms with van der Waals surface area (Å²) in [6, 6.07) is 5.22. The number of fused-ring (bicyclic) bond motifs is 1. The van der Waals surface area contributed by atoms with Gasteiger partial charge in [-0.2, -0.15) is 13.2 Å². The van der Waals surface area contributed by atoms with Crippen molar-refractivity contribution in [2.75, 3.05) is 0 Å². The van der Waals surface area contributed by atoms with E-state index < -0.39 is 80.5 Å². The van der Waals surface area contributed by atoms with Gasteiger partial charge in [-0.25, -0.2) is 35.5 Å². The predicted octanol–water partition coefficient (Wildman–Crippen LogP) is 8.04. The Hall–Kier alpha value is -4.53. The quantitative estimate of drug-likeness (QED) is 0.103. The van der Waals surface area contributed by atoms with Crippen LogP contribution in [0.4, 0.5) is 43.9 Å². The molecular weight excluding hydrogens is 570 g/mol. The molecule has 0 spiro atoms. The van der Waals surface area contributed by atoms with E-state index in [1.165, 1.54) is 12.8 Å². The van der Waals surface area contributed by atoms with Crippen LogP contribution in [0.1, 0.15) is 32.6 Å². The zero-order chi connectivity index (χ0) is 30.2. The maximum absolute atomic E-state index is 14.7. The highest BCUT2D eigenvalue weighted by atomic mass is 19.4. The molecule has 41 heavy (non-hydrogen) atoms. The van der Waals surface area contributed by atoms with Crippen molar-refractivity contribution in [1.29, 1.82) is 0 Å². The average Bonchev–Trinajstić information content (AvgIpc) is 2.81. The van der Waals surface area contributed by atoms with E-state index in [1.54, 1.807) is 0 Å². The van der Waals surface area contributed by atoms with Crippen molar-refractivity contribution in [2.24, 2.45) is 0 Å². The fourth-order valence-corrected chi connectivity index (χ4v) is 4.05. The normalized spacial score (nSPS) is 11.4. The molecule has 12 heteroatoms. The first-order valence-corrected chi connectivity index (χ1v) is 11.5. The Morgan fingerprint density at radius 2 is 1.37 bits per heavy atom. The Morgan fingerprint density at radius 1 is 0.756 bits per heavy atom. The van der Waals surface area contributed by atoms with Gasteiger partial charge in [0.15, 0.2) is 5.82 Å². The van der Waals surface area contributed by atoms with Gasteiger partial charge in [0.2, 0.25) is 0 Å². The van der Waals surface area contributed by atoms with E-state index in [2.05, 4.69) is 0 Å². The lowest BCUT2D eigenvalue weighted by Gasteiger charge is -2.11. The summed E-state index contributed by atoms with van der Waals surface area (Å²) >= 11 is 0. The van der Waals surface area contributed by atoms with Gasteiger partial charge in [-0.15, -0.1) is 0 Å². The molecule has 4 aromatic carbocycles. The molecule has 0 saturated carbocycles. The second-order valence-corrected chi connectivity index (χ2v) is 8.83. The van der Waals surface area contributed by atoms with Gasteiger partial charge < -0.3 is 4.74 Å². The number of benzene rings is 4. The summed E-state index contributed by atoms with van der Waals surface area (Å²) in [6.07, 6.45) is -5.54. The fraction of sp³-hybridized carbons (Fsp3) is 0.138. The molecule has 0 aliphatic rings. The highest BCUT2D eigenvalue weighted by Crippen LogP contribution is 2.31. The van der Waals surface area contributed by atoms with E-state index in [9.17, 15) is 48.7 Å². The van der Waals surface area contributed by atoms with Gasteiger partial charge in [0.25, 0.3) is 0 Å². The van der Waals surface area contributed by atoms with Crippen LogP contribution < -0.4 is 4.74 Å². The molecule has 0 atom stereocenters. The summed E-state index contributed by atoms with van der Waals surface area (Å²) in [5.41, 5.74) is -2.58. The maximum Gasteiger partial charge on any atom is 0.458 e. The molecule has 0 amide bonds. The number of aryl methyl sites for hydroxylation is 2. The number of halogens is 10. The summed E-state index contributed by atoms with van der Waals surface area (Å²) in [5, 5.41) is -1.56. The molecule has 4 rings (SSSR count). The minimum atomic E-state index is -5.08. The second-order valence-electron chi connectivity index (χ2n) is 8.83. The molecule has 0 saturated heterocycles. The molecule has 0 N–H and O–H groups in total. The molecule has 0 heterocycles. The third-order valence-corrected chi connectivity index (χ3v) is 5.85. The van der Waals surface area contributed by atoms with Gasteiger partial charge in [0.1, 0.15) is 46.2 Å². The molecular formula is C29H14F10O2. The molecule has 0 fully saturated rings. The van der Waals surface area contributed by atoms with E-state index in [4.69, 9.17) is 4.74 Å². The lowest BCUT2D eigenvalue weighted by molar-refractivity contribution is -0.0696. The largest absolute Gasteiger partial charge is 0.458 e. The summed E-state index contributed by atoms with van der Waals surface area (Å²) in [7, 11) is 0. The van der Waals surface area contributed by atoms with Gasteiger partial charge in [0.05, 0.1) is 10.9 Å². The minimum absolute atomic E-state index is 0.0527. The lowest BCUT2D eigenvalue weighted by atomic mass is 10.0. The zero-order valence-electron chi connectivity index (χ0n) is 20.6. The maximum atomic E-state index is 14.7. The lowest BCUT2D eigenvalue weighted by Crippen LogP contribution is -2.14. The highest BCUT2D eigenvalue weighted by molar-refractivity contribution is 5.93. The predicted molar refractivity (Wildman–Crippen MR) is 127 cm³/mol. The number of rotatable bonds is 5. The Balaban J connectivity index is 1.59. The first kappa shape index (κ1) is 29.5. The van der Waals surface area contributed by atoms with Crippen molar-refractivity contribution in [1.82, 2.24) is 0 Å². The SMILES string of the molecule is Cc1cc(F)c(CCc2cc(F)c(C(=O)Oc3cc(F)c4c(F)c(C#CC(F)(F)F)c(F)cc4c3)c(F)c2)c(F)c1. The summed E-state index contributed by atoms with van der Waals surface area (Å²) < 4.78 is 143. The summed E-state index contributed by atoms with van der Waals surface area (Å²) in [6.45, 7) is 1.48. The molecule has 0 aliphatic heterocycles. The molecule has 2 nitrogen and oxygen atoms in total. The van der Waals surface area contributed by atoms with Crippen molar-refractivity contribution < 1.29 is 53.4 Å². The van der Waals surface area contributed by atoms with Crippen molar-refractivity contribution >= 4 is 16.7 Å². The first-order valence-electron chi connectivity index (χ1n) is 11.5. The minimum Gasteiger partial charge on any atom is -0.423 e. The fourth-order valence-electron chi connectivity index (χ4n) is 4.05. The van der Waals surface area contributed by atoms with Crippen molar-refractivity contribution in [2.45, 2.75) is 25.9 Å². The molecule has 0 unspecified atom stereocenters. The number of ether oxygens (including phenoxy) is 1.